The van der Waals surface area contributed by atoms with Gasteiger partial charge in [-0.1, -0.05) is 109 Å². The number of benzene rings is 4. The van der Waals surface area contributed by atoms with Gasteiger partial charge in [0.05, 0.1) is 6.04 Å². The fourth-order valence-electron chi connectivity index (χ4n) is 5.95. The van der Waals surface area contributed by atoms with E-state index in [1.165, 1.54) is 11.1 Å². The number of amides is 1. The third kappa shape index (κ3) is 5.36. The van der Waals surface area contributed by atoms with Gasteiger partial charge in [-0.05, 0) is 34.4 Å². The second-order valence-electron chi connectivity index (χ2n) is 10.2. The number of nitrogens with one attached hydrogen (secondary N) is 1. The molecule has 1 N–H and O–H groups in total. The van der Waals surface area contributed by atoms with Gasteiger partial charge in [0.15, 0.2) is 0 Å². The highest BCUT2D eigenvalue weighted by Crippen LogP contribution is 2.37. The number of piperazine rings is 1. The van der Waals surface area contributed by atoms with E-state index in [-0.39, 0.29) is 17.9 Å². The molecule has 196 valence electrons. The second kappa shape index (κ2) is 11.5. The maximum Gasteiger partial charge on any atom is 0.223 e. The molecule has 39 heavy (non-hydrogen) atoms. The minimum atomic E-state index is -0.123. The van der Waals surface area contributed by atoms with Gasteiger partial charge in [0.1, 0.15) is 0 Å². The number of rotatable bonds is 7. The van der Waals surface area contributed by atoms with Crippen LogP contribution in [0.1, 0.15) is 40.6 Å². The molecule has 0 radical (unpaired) electrons. The average Bonchev–Trinajstić information content (AvgIpc) is 3.42. The zero-order valence-electron chi connectivity index (χ0n) is 21.8. The van der Waals surface area contributed by atoms with Crippen LogP contribution in [0.25, 0.3) is 10.9 Å². The predicted octanol–water partition coefficient (Wildman–Crippen LogP) is 7.28. The number of hydrogen-bond donors (Lipinski definition) is 1. The van der Waals surface area contributed by atoms with Gasteiger partial charge in [-0.15, -0.1) is 0 Å². The molecule has 1 aliphatic rings. The second-order valence-corrected chi connectivity index (χ2v) is 10.6. The molecule has 6 rings (SSSR count). The summed E-state index contributed by atoms with van der Waals surface area (Å²) < 4.78 is 0. The van der Waals surface area contributed by atoms with E-state index in [0.29, 0.717) is 24.5 Å². The molecule has 0 saturated carbocycles. The number of carbonyl (C=O) groups excluding carboxylic acids is 1. The number of hydrogen-bond acceptors (Lipinski definition) is 2. The minimum Gasteiger partial charge on any atom is -0.361 e. The largest absolute Gasteiger partial charge is 0.361 e. The molecule has 0 unspecified atom stereocenters. The number of aromatic amines is 1. The summed E-state index contributed by atoms with van der Waals surface area (Å²) in [7, 11) is 0. The summed E-state index contributed by atoms with van der Waals surface area (Å²) in [6.45, 7) is 3.06. The number of halogens is 1. The number of fused-ring (bicyclic) bond motifs is 1. The molecule has 1 aromatic heterocycles. The molecule has 4 aromatic carbocycles. The molecular weight excluding hydrogens is 502 g/mol. The average molecular weight is 534 g/mol. The Labute approximate surface area is 234 Å². The molecule has 5 heteroatoms. The minimum absolute atomic E-state index is 0.123. The Bertz CT molecular complexity index is 1500. The monoisotopic (exact) mass is 533 g/mol. The van der Waals surface area contributed by atoms with E-state index in [0.717, 1.165) is 35.1 Å². The molecule has 1 amide bonds. The summed E-state index contributed by atoms with van der Waals surface area (Å²) in [5.74, 6) is 0.0441. The van der Waals surface area contributed by atoms with E-state index in [2.05, 4.69) is 82.7 Å². The molecule has 1 aliphatic heterocycles. The highest BCUT2D eigenvalue weighted by atomic mass is 35.5. The fourth-order valence-corrected chi connectivity index (χ4v) is 6.21. The van der Waals surface area contributed by atoms with E-state index in [1.807, 2.05) is 47.5 Å². The molecule has 1 fully saturated rings. The van der Waals surface area contributed by atoms with Crippen LogP contribution >= 0.6 is 11.6 Å². The highest BCUT2D eigenvalue weighted by Gasteiger charge is 2.30. The molecule has 1 atom stereocenters. The van der Waals surface area contributed by atoms with Crippen LogP contribution in [0, 0.1) is 0 Å². The van der Waals surface area contributed by atoms with Crippen LogP contribution in [0.2, 0.25) is 5.02 Å². The van der Waals surface area contributed by atoms with E-state index < -0.39 is 0 Å². The van der Waals surface area contributed by atoms with Crippen molar-refractivity contribution < 1.29 is 4.79 Å². The predicted molar refractivity (Wildman–Crippen MR) is 159 cm³/mol. The van der Waals surface area contributed by atoms with E-state index in [4.69, 9.17) is 11.6 Å². The summed E-state index contributed by atoms with van der Waals surface area (Å²) in [5, 5.41) is 1.83. The van der Waals surface area contributed by atoms with Crippen LogP contribution in [0.15, 0.2) is 115 Å². The number of carbonyl (C=O) groups is 1. The Morgan fingerprint density at radius 3 is 1.97 bits per heavy atom. The van der Waals surface area contributed by atoms with Crippen molar-refractivity contribution in [3.8, 4) is 0 Å². The first-order chi connectivity index (χ1) is 19.2. The number of aromatic nitrogens is 1. The van der Waals surface area contributed by atoms with Gasteiger partial charge in [-0.2, -0.15) is 0 Å². The lowest BCUT2D eigenvalue weighted by atomic mass is 9.87. The maximum absolute atomic E-state index is 13.8. The number of para-hydroxylation sites is 1. The maximum atomic E-state index is 13.8. The van der Waals surface area contributed by atoms with Crippen molar-refractivity contribution >= 4 is 28.4 Å². The third-order valence-electron chi connectivity index (χ3n) is 7.92. The summed E-state index contributed by atoms with van der Waals surface area (Å²) in [5.41, 5.74) is 5.73. The number of nitrogens with zero attached hydrogens (tertiary/aromatic N) is 2. The van der Waals surface area contributed by atoms with Crippen LogP contribution in [-0.4, -0.2) is 46.9 Å². The van der Waals surface area contributed by atoms with E-state index in [1.54, 1.807) is 0 Å². The summed E-state index contributed by atoms with van der Waals surface area (Å²) in [6, 6.07) is 37.6. The first-order valence-corrected chi connectivity index (χ1v) is 14.0. The Balaban J connectivity index is 1.22. The molecule has 0 bridgehead atoms. The van der Waals surface area contributed by atoms with Crippen LogP contribution in [-0.2, 0) is 4.79 Å². The van der Waals surface area contributed by atoms with E-state index in [9.17, 15) is 4.79 Å². The van der Waals surface area contributed by atoms with Crippen molar-refractivity contribution in [1.29, 1.82) is 0 Å². The molecule has 0 aliphatic carbocycles. The lowest BCUT2D eigenvalue weighted by Gasteiger charge is -2.40. The van der Waals surface area contributed by atoms with Crippen molar-refractivity contribution in [1.82, 2.24) is 14.8 Å². The quantitative estimate of drug-likeness (QED) is 0.239. The van der Waals surface area contributed by atoms with Crippen molar-refractivity contribution in [3.63, 3.8) is 0 Å². The molecule has 0 spiro atoms. The third-order valence-corrected chi connectivity index (χ3v) is 8.26. The van der Waals surface area contributed by atoms with Crippen LogP contribution in [0.5, 0.6) is 0 Å². The van der Waals surface area contributed by atoms with Crippen LogP contribution < -0.4 is 0 Å². The molecule has 5 aromatic rings. The van der Waals surface area contributed by atoms with Crippen LogP contribution in [0.4, 0.5) is 0 Å². The topological polar surface area (TPSA) is 39.3 Å². The van der Waals surface area contributed by atoms with Crippen molar-refractivity contribution in [3.05, 3.63) is 143 Å². The van der Waals surface area contributed by atoms with Gasteiger partial charge in [-0.3, -0.25) is 9.69 Å². The van der Waals surface area contributed by atoms with E-state index >= 15 is 0 Å². The lowest BCUT2D eigenvalue weighted by Crippen LogP contribution is -2.50. The van der Waals surface area contributed by atoms with Gasteiger partial charge >= 0.3 is 0 Å². The Hall–Kier alpha value is -3.86. The zero-order valence-corrected chi connectivity index (χ0v) is 22.6. The van der Waals surface area contributed by atoms with Gasteiger partial charge in [0, 0.05) is 60.6 Å². The van der Waals surface area contributed by atoms with Crippen molar-refractivity contribution in [2.24, 2.45) is 0 Å². The summed E-state index contributed by atoms with van der Waals surface area (Å²) >= 11 is 6.68. The summed E-state index contributed by atoms with van der Waals surface area (Å²) in [6.07, 6.45) is 2.42. The lowest BCUT2D eigenvalue weighted by molar-refractivity contribution is -0.133. The Morgan fingerprint density at radius 1 is 0.718 bits per heavy atom. The molecule has 2 heterocycles. The van der Waals surface area contributed by atoms with Crippen molar-refractivity contribution in [2.75, 3.05) is 26.2 Å². The van der Waals surface area contributed by atoms with Gasteiger partial charge in [-0.25, -0.2) is 0 Å². The highest BCUT2D eigenvalue weighted by molar-refractivity contribution is 6.31. The molecule has 1 saturated heterocycles. The standard InChI is InChI=1S/C34H32ClN3O/c35-31-17-9-7-15-27(31)29(30-24-36-32-18-10-8-16-28(30)32)23-33(39)37-19-21-38(22-20-37)34(25-11-3-1-4-12-25)26-13-5-2-6-14-26/h1-18,24,29,34,36H,19-23H2/t29-/m0/s1. The molecule has 4 nitrogen and oxygen atoms in total. The fraction of sp³-hybridized carbons (Fsp3) is 0.206. The Morgan fingerprint density at radius 2 is 1.31 bits per heavy atom. The first-order valence-electron chi connectivity index (χ1n) is 13.6. The van der Waals surface area contributed by atoms with Crippen LogP contribution in [0.3, 0.4) is 0 Å². The summed E-state index contributed by atoms with van der Waals surface area (Å²) in [4.78, 5) is 21.7. The first kappa shape index (κ1) is 25.4. The van der Waals surface area contributed by atoms with Gasteiger partial charge in [0.2, 0.25) is 5.91 Å². The SMILES string of the molecule is O=C(C[C@@H](c1ccccc1Cl)c1c[nH]c2ccccc12)N1CCN(C(c2ccccc2)c2ccccc2)CC1. The number of H-pyrrole nitrogens is 1. The van der Waals surface area contributed by atoms with Crippen molar-refractivity contribution in [2.45, 2.75) is 18.4 Å². The molecular formula is C34H32ClN3O. The Kier molecular flexibility index (Phi) is 7.49. The van der Waals surface area contributed by atoms with Gasteiger partial charge < -0.3 is 9.88 Å². The smallest absolute Gasteiger partial charge is 0.223 e. The normalized spacial score (nSPS) is 15.1. The zero-order chi connectivity index (χ0) is 26.6. The van der Waals surface area contributed by atoms with Gasteiger partial charge in [0.25, 0.3) is 0 Å².